The largest absolute Gasteiger partial charge is 0.478 e. The zero-order valence-electron chi connectivity index (χ0n) is 27.5. The number of aromatic carboxylic acids is 1. The van der Waals surface area contributed by atoms with Gasteiger partial charge in [0, 0.05) is 82.4 Å². The Balaban J connectivity index is 1.14. The lowest BCUT2D eigenvalue weighted by Gasteiger charge is -2.38. The monoisotopic (exact) mass is 766 g/mol. The summed E-state index contributed by atoms with van der Waals surface area (Å²) in [4.78, 5) is 53.0. The average molecular weight is 768 g/mol. The van der Waals surface area contributed by atoms with Crippen molar-refractivity contribution in [1.82, 2.24) is 20.1 Å². The van der Waals surface area contributed by atoms with E-state index in [1.165, 1.54) is 40.5 Å². The summed E-state index contributed by atoms with van der Waals surface area (Å²) in [6.45, 7) is 3.72. The van der Waals surface area contributed by atoms with E-state index in [-0.39, 0.29) is 48.5 Å². The first-order valence-corrected chi connectivity index (χ1v) is 17.9. The molecule has 0 bridgehead atoms. The Morgan fingerprint density at radius 3 is 2.48 bits per heavy atom. The van der Waals surface area contributed by atoms with Gasteiger partial charge in [0.05, 0.1) is 23.8 Å². The minimum absolute atomic E-state index is 0.0572. The van der Waals surface area contributed by atoms with Crippen molar-refractivity contribution in [2.75, 3.05) is 44.2 Å². The molecule has 2 saturated heterocycles. The smallest absolute Gasteiger partial charge is 0.338 e. The molecule has 7 rings (SSSR count). The Kier molecular flexibility index (Phi) is 9.98. The minimum Gasteiger partial charge on any atom is -0.478 e. The van der Waals surface area contributed by atoms with E-state index < -0.39 is 29.6 Å². The van der Waals surface area contributed by atoms with Gasteiger partial charge in [-0.3, -0.25) is 14.8 Å². The molecule has 268 valence electrons. The molecule has 52 heavy (non-hydrogen) atoms. The molecule has 3 aliphatic heterocycles. The molecular formula is C36H30Cl2F2N6O5S. The summed E-state index contributed by atoms with van der Waals surface area (Å²) in [5, 5.41) is 15.7. The minimum atomic E-state index is -1.30. The van der Waals surface area contributed by atoms with Crippen LogP contribution in [0, 0.1) is 11.6 Å². The third kappa shape index (κ3) is 6.86. The average Bonchev–Trinajstić information content (AvgIpc) is 3.77. The number of halogens is 4. The maximum atomic E-state index is 15.4. The number of aliphatic imine (C=N–C) groups is 1. The highest BCUT2D eigenvalue weighted by molar-refractivity contribution is 7.11. The van der Waals surface area contributed by atoms with Gasteiger partial charge in [-0.15, -0.1) is 11.3 Å². The Morgan fingerprint density at radius 1 is 1.04 bits per heavy atom. The predicted octanol–water partition coefficient (Wildman–Crippen LogP) is 6.63. The standard InChI is InChI=1S/C36H30Cl2F2N6O5S/c1-2-51-35(49)30-29(42-32(33-41-9-12-52-33)43-31(30)25-7-4-20(37)14-26(25)38)18-44-10-11-45-22(16-44)17-46(36(45)50)21-5-8-24(28(40)15-21)23-6-3-19(34(47)48)13-27(23)39/h3-9,12-15,22,31H,2,10-11,16-18H2,1H3,(H,42,43)(H,47,48). The van der Waals surface area contributed by atoms with E-state index in [1.807, 2.05) is 5.38 Å². The van der Waals surface area contributed by atoms with Crippen molar-refractivity contribution in [2.45, 2.75) is 19.0 Å². The molecule has 2 N–H and O–H groups in total. The number of amides is 2. The lowest BCUT2D eigenvalue weighted by atomic mass is 9.95. The molecule has 0 saturated carbocycles. The molecule has 2 atom stereocenters. The third-order valence-electron chi connectivity index (χ3n) is 9.10. The number of nitrogens with one attached hydrogen (secondary N) is 1. The number of thiazole rings is 1. The van der Waals surface area contributed by atoms with E-state index in [1.54, 1.807) is 42.3 Å². The van der Waals surface area contributed by atoms with Crippen LogP contribution in [0.25, 0.3) is 11.1 Å². The van der Waals surface area contributed by atoms with Crippen LogP contribution >= 0.6 is 34.5 Å². The van der Waals surface area contributed by atoms with Crippen LogP contribution < -0.4 is 10.2 Å². The summed E-state index contributed by atoms with van der Waals surface area (Å²) in [5.74, 6) is -3.00. The van der Waals surface area contributed by atoms with E-state index in [4.69, 9.17) is 38.0 Å². The van der Waals surface area contributed by atoms with Crippen LogP contribution in [0.3, 0.4) is 0 Å². The van der Waals surface area contributed by atoms with Crippen molar-refractivity contribution in [2.24, 2.45) is 4.99 Å². The van der Waals surface area contributed by atoms with Gasteiger partial charge in [-0.25, -0.2) is 28.1 Å². The Hall–Kier alpha value is -4.89. The van der Waals surface area contributed by atoms with Gasteiger partial charge < -0.3 is 20.1 Å². The SMILES string of the molecule is CCOC(=O)C1=C(CN2CCN3C(=O)N(c4ccc(-c5ccc(C(=O)O)cc5F)c(F)c4)CC3C2)NC(c2nccs2)=NC1c1ccc(Cl)cc1Cl. The highest BCUT2D eigenvalue weighted by Crippen LogP contribution is 2.38. The third-order valence-corrected chi connectivity index (χ3v) is 10.4. The Morgan fingerprint density at radius 2 is 1.81 bits per heavy atom. The molecular weight excluding hydrogens is 737 g/mol. The molecule has 0 spiro atoms. The molecule has 4 aromatic rings. The molecule has 2 unspecified atom stereocenters. The fraction of sp³-hybridized carbons (Fsp3) is 0.250. The van der Waals surface area contributed by atoms with E-state index >= 15 is 4.39 Å². The fourth-order valence-electron chi connectivity index (χ4n) is 6.68. The van der Waals surface area contributed by atoms with Crippen LogP contribution in [-0.4, -0.2) is 89.1 Å². The van der Waals surface area contributed by atoms with Gasteiger partial charge in [0.1, 0.15) is 17.7 Å². The molecule has 11 nitrogen and oxygen atoms in total. The fourth-order valence-corrected chi connectivity index (χ4v) is 7.78. The maximum Gasteiger partial charge on any atom is 0.338 e. The number of benzene rings is 3. The molecule has 0 radical (unpaired) electrons. The number of carboxylic acids is 1. The Labute approximate surface area is 310 Å². The number of hydrogen-bond donors (Lipinski definition) is 2. The van der Waals surface area contributed by atoms with Crippen LogP contribution in [0.2, 0.25) is 10.0 Å². The summed E-state index contributed by atoms with van der Waals surface area (Å²) in [5.41, 5.74) is 1.33. The predicted molar refractivity (Wildman–Crippen MR) is 193 cm³/mol. The number of anilines is 1. The zero-order chi connectivity index (χ0) is 36.7. The lowest BCUT2D eigenvalue weighted by Crippen LogP contribution is -2.53. The van der Waals surface area contributed by atoms with Gasteiger partial charge in [0.15, 0.2) is 10.8 Å². The van der Waals surface area contributed by atoms with E-state index in [0.29, 0.717) is 63.0 Å². The number of nitrogens with zero attached hydrogens (tertiary/aromatic N) is 5. The summed E-state index contributed by atoms with van der Waals surface area (Å²) in [7, 11) is 0. The van der Waals surface area contributed by atoms with Gasteiger partial charge in [-0.05, 0) is 49.4 Å². The van der Waals surface area contributed by atoms with Crippen LogP contribution in [-0.2, 0) is 9.53 Å². The van der Waals surface area contributed by atoms with Crippen molar-refractivity contribution in [3.05, 3.63) is 115 Å². The molecule has 2 fully saturated rings. The summed E-state index contributed by atoms with van der Waals surface area (Å²) in [6.07, 6.45) is 1.66. The number of fused-ring (bicyclic) bond motifs is 1. The second-order valence-electron chi connectivity index (χ2n) is 12.3. The number of carbonyl (C=O) groups excluding carboxylic acids is 2. The highest BCUT2D eigenvalue weighted by atomic mass is 35.5. The van der Waals surface area contributed by atoms with Crippen molar-refractivity contribution >= 4 is 64.0 Å². The number of amidine groups is 1. The molecule has 16 heteroatoms. The van der Waals surface area contributed by atoms with E-state index in [2.05, 4.69) is 15.2 Å². The summed E-state index contributed by atoms with van der Waals surface area (Å²) >= 11 is 14.3. The first kappa shape index (κ1) is 35.5. The Bertz CT molecular complexity index is 2150. The number of carbonyl (C=O) groups is 3. The molecule has 1 aromatic heterocycles. The van der Waals surface area contributed by atoms with Crippen LogP contribution in [0.1, 0.15) is 33.9 Å². The number of hydrogen-bond acceptors (Lipinski definition) is 9. The highest BCUT2D eigenvalue weighted by Gasteiger charge is 2.42. The zero-order valence-corrected chi connectivity index (χ0v) is 29.8. The van der Waals surface area contributed by atoms with Gasteiger partial charge in [-0.2, -0.15) is 0 Å². The topological polar surface area (TPSA) is 128 Å². The second kappa shape index (κ2) is 14.6. The molecule has 4 heterocycles. The van der Waals surface area contributed by atoms with Gasteiger partial charge >= 0.3 is 18.0 Å². The number of piperazine rings is 1. The number of urea groups is 1. The van der Waals surface area contributed by atoms with Gasteiger partial charge in [-0.1, -0.05) is 35.3 Å². The van der Waals surface area contributed by atoms with Crippen LogP contribution in [0.5, 0.6) is 0 Å². The van der Waals surface area contributed by atoms with Crippen molar-refractivity contribution < 1.29 is 33.0 Å². The number of ether oxygens (including phenoxy) is 1. The number of carboxylic acid groups (broad SMARTS) is 1. The first-order valence-electron chi connectivity index (χ1n) is 16.3. The van der Waals surface area contributed by atoms with E-state index in [0.717, 1.165) is 6.07 Å². The van der Waals surface area contributed by atoms with Crippen LogP contribution in [0.4, 0.5) is 19.3 Å². The second-order valence-corrected chi connectivity index (χ2v) is 14.0. The number of aromatic nitrogens is 1. The molecule has 3 aliphatic rings. The molecule has 0 aliphatic carbocycles. The quantitative estimate of drug-likeness (QED) is 0.182. The van der Waals surface area contributed by atoms with E-state index in [9.17, 15) is 18.8 Å². The molecule has 2 amide bonds. The molecule has 3 aromatic carbocycles. The maximum absolute atomic E-state index is 15.4. The first-order chi connectivity index (χ1) is 25.0. The lowest BCUT2D eigenvalue weighted by molar-refractivity contribution is -0.139. The number of rotatable bonds is 9. The van der Waals surface area contributed by atoms with Crippen molar-refractivity contribution in [3.8, 4) is 11.1 Å². The summed E-state index contributed by atoms with van der Waals surface area (Å²) < 4.78 is 35.7. The van der Waals surface area contributed by atoms with Crippen molar-refractivity contribution in [1.29, 1.82) is 0 Å². The van der Waals surface area contributed by atoms with Gasteiger partial charge in [0.2, 0.25) is 0 Å². The van der Waals surface area contributed by atoms with Crippen molar-refractivity contribution in [3.63, 3.8) is 0 Å². The normalized spacial score (nSPS) is 19.0. The van der Waals surface area contributed by atoms with Crippen LogP contribution in [0.15, 0.2) is 82.4 Å². The summed E-state index contributed by atoms with van der Waals surface area (Å²) in [6, 6.07) is 11.0. The van der Waals surface area contributed by atoms with Gasteiger partial charge in [0.25, 0.3) is 0 Å². The number of esters is 1.